The van der Waals surface area contributed by atoms with Crippen LogP contribution in [-0.2, 0) is 10.0 Å². The average molecular weight is 343 g/mol. The van der Waals surface area contributed by atoms with Crippen LogP contribution in [0.3, 0.4) is 0 Å². The Morgan fingerprint density at radius 2 is 1.67 bits per heavy atom. The molecule has 1 saturated heterocycles. The van der Waals surface area contributed by atoms with E-state index in [4.69, 9.17) is 0 Å². The monoisotopic (exact) mass is 343 g/mol. The highest BCUT2D eigenvalue weighted by Crippen LogP contribution is 2.45. The van der Waals surface area contributed by atoms with Crippen LogP contribution in [0.2, 0.25) is 0 Å². The zero-order chi connectivity index (χ0) is 17.3. The van der Waals surface area contributed by atoms with E-state index in [9.17, 15) is 8.42 Å². The van der Waals surface area contributed by atoms with Gasteiger partial charge in [0.25, 0.3) is 0 Å². The maximum absolute atomic E-state index is 13.2. The van der Waals surface area contributed by atoms with Gasteiger partial charge in [0.15, 0.2) is 0 Å². The summed E-state index contributed by atoms with van der Waals surface area (Å²) in [6.45, 7) is 6.26. The smallest absolute Gasteiger partial charge is 0.207 e. The van der Waals surface area contributed by atoms with Crippen molar-refractivity contribution < 1.29 is 8.42 Å². The molecule has 0 aliphatic carbocycles. The van der Waals surface area contributed by atoms with Gasteiger partial charge >= 0.3 is 0 Å². The average Bonchev–Trinajstić information content (AvgIpc) is 2.51. The second kappa shape index (κ2) is 6.69. The largest absolute Gasteiger partial charge is 0.243 e. The molecule has 24 heavy (non-hydrogen) atoms. The molecule has 1 aliphatic heterocycles. The lowest BCUT2D eigenvalue weighted by molar-refractivity contribution is 0.0929. The van der Waals surface area contributed by atoms with Gasteiger partial charge in [0.1, 0.15) is 0 Å². The Bertz CT molecular complexity index is 782. The molecule has 0 amide bonds. The van der Waals surface area contributed by atoms with Gasteiger partial charge in [-0.25, -0.2) is 8.42 Å². The summed E-state index contributed by atoms with van der Waals surface area (Å²) in [6, 6.07) is 17.2. The first-order chi connectivity index (χ1) is 11.4. The van der Waals surface area contributed by atoms with E-state index in [-0.39, 0.29) is 12.1 Å². The van der Waals surface area contributed by atoms with Gasteiger partial charge in [-0.3, -0.25) is 0 Å². The fraction of sp³-hybridized carbons (Fsp3) is 0.400. The molecular weight excluding hydrogens is 318 g/mol. The number of hydrogen-bond donors (Lipinski definition) is 0. The summed E-state index contributed by atoms with van der Waals surface area (Å²) in [5.74, 6) is 0.474. The second-order valence-corrected chi connectivity index (χ2v) is 8.94. The van der Waals surface area contributed by atoms with Crippen LogP contribution >= 0.6 is 0 Å². The molecule has 0 bridgehead atoms. The van der Waals surface area contributed by atoms with Crippen molar-refractivity contribution in [2.24, 2.45) is 5.92 Å². The van der Waals surface area contributed by atoms with Gasteiger partial charge in [0, 0.05) is 6.04 Å². The van der Waals surface area contributed by atoms with Crippen LogP contribution in [0.25, 0.3) is 0 Å². The van der Waals surface area contributed by atoms with Crippen LogP contribution in [0.15, 0.2) is 59.5 Å². The molecule has 0 N–H and O–H groups in total. The van der Waals surface area contributed by atoms with Crippen molar-refractivity contribution in [3.63, 3.8) is 0 Å². The Morgan fingerprint density at radius 3 is 2.25 bits per heavy atom. The van der Waals surface area contributed by atoms with E-state index in [1.807, 2.05) is 49.4 Å². The summed E-state index contributed by atoms with van der Waals surface area (Å²) in [5, 5.41) is 0. The first-order valence-corrected chi connectivity index (χ1v) is 9.98. The molecular formula is C20H25NO2S. The minimum Gasteiger partial charge on any atom is -0.207 e. The highest BCUT2D eigenvalue weighted by molar-refractivity contribution is 7.89. The van der Waals surface area contributed by atoms with Gasteiger partial charge in [-0.1, -0.05) is 61.9 Å². The third-order valence-electron chi connectivity index (χ3n) is 4.69. The zero-order valence-corrected chi connectivity index (χ0v) is 15.3. The second-order valence-electron chi connectivity index (χ2n) is 7.09. The summed E-state index contributed by atoms with van der Waals surface area (Å²) >= 11 is 0. The molecule has 2 aromatic carbocycles. The van der Waals surface area contributed by atoms with Gasteiger partial charge in [-0.15, -0.1) is 0 Å². The molecule has 128 valence electrons. The number of rotatable bonds is 5. The Kier molecular flexibility index (Phi) is 4.79. The summed E-state index contributed by atoms with van der Waals surface area (Å²) < 4.78 is 28.2. The fourth-order valence-corrected chi connectivity index (χ4v) is 5.31. The predicted octanol–water partition coefficient (Wildman–Crippen LogP) is 4.55. The molecule has 0 radical (unpaired) electrons. The highest BCUT2D eigenvalue weighted by Gasteiger charge is 2.47. The molecule has 0 saturated carbocycles. The van der Waals surface area contributed by atoms with E-state index >= 15 is 0 Å². The summed E-state index contributed by atoms with van der Waals surface area (Å²) in [5.41, 5.74) is 2.14. The molecule has 0 spiro atoms. The molecule has 2 aromatic rings. The van der Waals surface area contributed by atoms with Gasteiger partial charge in [-0.05, 0) is 43.4 Å². The predicted molar refractivity (Wildman–Crippen MR) is 97.2 cm³/mol. The van der Waals surface area contributed by atoms with Crippen molar-refractivity contribution >= 4 is 10.0 Å². The van der Waals surface area contributed by atoms with E-state index in [1.165, 1.54) is 0 Å². The van der Waals surface area contributed by atoms with Gasteiger partial charge < -0.3 is 0 Å². The third kappa shape index (κ3) is 3.26. The lowest BCUT2D eigenvalue weighted by atomic mass is 9.86. The van der Waals surface area contributed by atoms with Crippen molar-refractivity contribution in [3.05, 3.63) is 65.7 Å². The zero-order valence-electron chi connectivity index (χ0n) is 14.5. The number of hydrogen-bond acceptors (Lipinski definition) is 2. The van der Waals surface area contributed by atoms with E-state index in [0.717, 1.165) is 24.0 Å². The Morgan fingerprint density at radius 1 is 1.04 bits per heavy atom. The first-order valence-electron chi connectivity index (χ1n) is 8.54. The summed E-state index contributed by atoms with van der Waals surface area (Å²) in [6.07, 6.45) is 1.79. The van der Waals surface area contributed by atoms with Crippen molar-refractivity contribution in [1.29, 1.82) is 0 Å². The van der Waals surface area contributed by atoms with Gasteiger partial charge in [-0.2, -0.15) is 4.31 Å². The van der Waals surface area contributed by atoms with E-state index in [1.54, 1.807) is 16.4 Å². The Balaban J connectivity index is 1.96. The molecule has 0 aromatic heterocycles. The molecule has 3 nitrogen and oxygen atoms in total. The first kappa shape index (κ1) is 17.2. The SMILES string of the molecule is Cc1ccc(S(=O)(=O)N2[C@@H](CC(C)C)C[C@H]2c2ccccc2)cc1. The fourth-order valence-electron chi connectivity index (χ4n) is 3.48. The van der Waals surface area contributed by atoms with Crippen molar-refractivity contribution in [3.8, 4) is 0 Å². The third-order valence-corrected chi connectivity index (χ3v) is 6.66. The number of nitrogens with zero attached hydrogens (tertiary/aromatic N) is 1. The number of benzene rings is 2. The summed E-state index contributed by atoms with van der Waals surface area (Å²) in [7, 11) is -3.48. The lowest BCUT2D eigenvalue weighted by Crippen LogP contribution is -2.53. The Hall–Kier alpha value is -1.65. The van der Waals surface area contributed by atoms with Crippen molar-refractivity contribution in [2.75, 3.05) is 0 Å². The van der Waals surface area contributed by atoms with E-state index < -0.39 is 10.0 Å². The minimum absolute atomic E-state index is 0.0544. The molecule has 1 fully saturated rings. The summed E-state index contributed by atoms with van der Waals surface area (Å²) in [4.78, 5) is 0.391. The minimum atomic E-state index is -3.48. The normalized spacial score (nSPS) is 21.7. The van der Waals surface area contributed by atoms with Crippen LogP contribution in [0.5, 0.6) is 0 Å². The topological polar surface area (TPSA) is 37.4 Å². The molecule has 3 rings (SSSR count). The van der Waals surface area contributed by atoms with Crippen LogP contribution in [-0.4, -0.2) is 18.8 Å². The molecule has 1 aliphatic rings. The van der Waals surface area contributed by atoms with Crippen LogP contribution < -0.4 is 0 Å². The highest BCUT2D eigenvalue weighted by atomic mass is 32.2. The van der Waals surface area contributed by atoms with Crippen LogP contribution in [0.1, 0.15) is 43.9 Å². The maximum atomic E-state index is 13.2. The van der Waals surface area contributed by atoms with Crippen LogP contribution in [0, 0.1) is 12.8 Å². The standard InChI is InChI=1S/C20H25NO2S/c1-15(2)13-18-14-20(17-7-5-4-6-8-17)21(18)24(22,23)19-11-9-16(3)10-12-19/h4-12,15,18,20H,13-14H2,1-3H3/t18-,20-/m0/s1. The lowest BCUT2D eigenvalue weighted by Gasteiger charge is -2.48. The van der Waals surface area contributed by atoms with Crippen molar-refractivity contribution in [2.45, 2.75) is 50.6 Å². The quantitative estimate of drug-likeness (QED) is 0.799. The molecule has 0 unspecified atom stereocenters. The van der Waals surface area contributed by atoms with E-state index in [0.29, 0.717) is 10.8 Å². The molecule has 4 heteroatoms. The van der Waals surface area contributed by atoms with Crippen LogP contribution in [0.4, 0.5) is 0 Å². The van der Waals surface area contributed by atoms with Gasteiger partial charge in [0.2, 0.25) is 10.0 Å². The molecule has 2 atom stereocenters. The number of sulfonamides is 1. The molecule has 1 heterocycles. The van der Waals surface area contributed by atoms with E-state index in [2.05, 4.69) is 13.8 Å². The number of aryl methyl sites for hydroxylation is 1. The van der Waals surface area contributed by atoms with Crippen molar-refractivity contribution in [1.82, 2.24) is 4.31 Å². The maximum Gasteiger partial charge on any atom is 0.243 e. The Labute approximate surface area is 145 Å². The van der Waals surface area contributed by atoms with Gasteiger partial charge in [0.05, 0.1) is 10.9 Å².